The number of halogens is 5. The Morgan fingerprint density at radius 1 is 1.15 bits per heavy atom. The van der Waals surface area contributed by atoms with E-state index < -0.39 is 23.8 Å². The van der Waals surface area contributed by atoms with Crippen molar-refractivity contribution in [2.24, 2.45) is 0 Å². The molecule has 0 aliphatic carbocycles. The van der Waals surface area contributed by atoms with Gasteiger partial charge >= 0.3 is 18.1 Å². The number of carbonyl (C=O) groups excluding carboxylic acids is 2. The molecule has 9 heteroatoms. The maximum absolute atomic E-state index is 12.7. The molecular weight excluding hydrogens is 291 g/mol. The van der Waals surface area contributed by atoms with Crippen molar-refractivity contribution in [3.63, 3.8) is 0 Å². The number of benzene rings is 1. The van der Waals surface area contributed by atoms with E-state index in [4.69, 9.17) is 0 Å². The first-order chi connectivity index (χ1) is 9.13. The lowest BCUT2D eigenvalue weighted by atomic mass is 10.2. The molecule has 0 fully saturated rings. The number of hydrogen-bond acceptors (Lipinski definition) is 4. The third-order valence-electron chi connectivity index (χ3n) is 2.14. The fourth-order valence-electron chi connectivity index (χ4n) is 1.12. The highest BCUT2D eigenvalue weighted by Crippen LogP contribution is 2.38. The van der Waals surface area contributed by atoms with Crippen molar-refractivity contribution in [3.8, 4) is 11.5 Å². The molecule has 0 aliphatic heterocycles. The van der Waals surface area contributed by atoms with Gasteiger partial charge < -0.3 is 9.47 Å². The van der Waals surface area contributed by atoms with Gasteiger partial charge in [-0.05, 0) is 18.2 Å². The zero-order valence-corrected chi connectivity index (χ0v) is 9.83. The standard InChI is InChI=1S/C11H7F5O4/c1-19-8-4-6(5-17)2-3-7(8)20-9(18)10(12,13)11(14,15)16/h2-5H,1H3. The smallest absolute Gasteiger partial charge is 0.465 e. The van der Waals surface area contributed by atoms with Gasteiger partial charge in [0.1, 0.15) is 6.29 Å². The Hall–Kier alpha value is -2.19. The Labute approximate surface area is 109 Å². The average Bonchev–Trinajstić information content (AvgIpc) is 2.37. The fourth-order valence-corrected chi connectivity index (χ4v) is 1.12. The van der Waals surface area contributed by atoms with Gasteiger partial charge in [-0.25, -0.2) is 4.79 Å². The SMILES string of the molecule is COc1cc(C=O)ccc1OC(=O)C(F)(F)C(F)(F)F. The van der Waals surface area contributed by atoms with E-state index in [0.29, 0.717) is 6.29 Å². The van der Waals surface area contributed by atoms with Gasteiger partial charge in [-0.1, -0.05) is 0 Å². The average molecular weight is 298 g/mol. The van der Waals surface area contributed by atoms with Gasteiger partial charge in [0.2, 0.25) is 0 Å². The lowest BCUT2D eigenvalue weighted by Gasteiger charge is -2.18. The summed E-state index contributed by atoms with van der Waals surface area (Å²) in [5, 5.41) is 0. The molecule has 0 atom stereocenters. The van der Waals surface area contributed by atoms with Gasteiger partial charge in [0.25, 0.3) is 0 Å². The molecule has 0 saturated carbocycles. The van der Waals surface area contributed by atoms with Gasteiger partial charge in [-0.15, -0.1) is 0 Å². The van der Waals surface area contributed by atoms with Crippen molar-refractivity contribution < 1.29 is 41.0 Å². The second kappa shape index (κ2) is 5.43. The Kier molecular flexibility index (Phi) is 4.31. The predicted molar refractivity (Wildman–Crippen MR) is 55.0 cm³/mol. The molecule has 0 saturated heterocycles. The van der Waals surface area contributed by atoms with Crippen LogP contribution in [0.15, 0.2) is 18.2 Å². The van der Waals surface area contributed by atoms with Gasteiger partial charge in [0, 0.05) is 5.56 Å². The van der Waals surface area contributed by atoms with Crippen LogP contribution in [0.4, 0.5) is 22.0 Å². The molecule has 0 radical (unpaired) electrons. The second-order valence-corrected chi connectivity index (χ2v) is 3.49. The van der Waals surface area contributed by atoms with Gasteiger partial charge in [0.05, 0.1) is 7.11 Å². The van der Waals surface area contributed by atoms with E-state index in [1.807, 2.05) is 0 Å². The van der Waals surface area contributed by atoms with Crippen molar-refractivity contribution in [2.75, 3.05) is 7.11 Å². The number of alkyl halides is 5. The Balaban J connectivity index is 3.05. The fraction of sp³-hybridized carbons (Fsp3) is 0.273. The summed E-state index contributed by atoms with van der Waals surface area (Å²) in [4.78, 5) is 21.4. The first-order valence-corrected chi connectivity index (χ1v) is 4.93. The molecule has 0 spiro atoms. The zero-order chi connectivity index (χ0) is 15.6. The van der Waals surface area contributed by atoms with Crippen molar-refractivity contribution in [3.05, 3.63) is 23.8 Å². The molecule has 1 aromatic carbocycles. The van der Waals surface area contributed by atoms with E-state index in [-0.39, 0.29) is 11.3 Å². The number of aldehydes is 1. The van der Waals surface area contributed by atoms with Crippen LogP contribution in [0.3, 0.4) is 0 Å². The third-order valence-corrected chi connectivity index (χ3v) is 2.14. The molecule has 0 unspecified atom stereocenters. The normalized spacial score (nSPS) is 11.9. The van der Waals surface area contributed by atoms with Crippen molar-refractivity contribution in [1.82, 2.24) is 0 Å². The summed E-state index contributed by atoms with van der Waals surface area (Å²) in [6.45, 7) is 0. The van der Waals surface area contributed by atoms with Crippen LogP contribution in [0.2, 0.25) is 0 Å². The van der Waals surface area contributed by atoms with Crippen LogP contribution in [0, 0.1) is 0 Å². The van der Waals surface area contributed by atoms with E-state index in [1.165, 1.54) is 0 Å². The molecule has 1 aromatic rings. The topological polar surface area (TPSA) is 52.6 Å². The maximum Gasteiger partial charge on any atom is 0.465 e. The molecule has 110 valence electrons. The number of ether oxygens (including phenoxy) is 2. The molecule has 4 nitrogen and oxygen atoms in total. The highest BCUT2D eigenvalue weighted by atomic mass is 19.4. The van der Waals surface area contributed by atoms with Crippen LogP contribution in [0.5, 0.6) is 11.5 Å². The monoisotopic (exact) mass is 298 g/mol. The summed E-state index contributed by atoms with van der Waals surface area (Å²) >= 11 is 0. The Morgan fingerprint density at radius 3 is 2.20 bits per heavy atom. The molecule has 1 rings (SSSR count). The van der Waals surface area contributed by atoms with Crippen LogP contribution >= 0.6 is 0 Å². The first kappa shape index (κ1) is 15.9. The lowest BCUT2D eigenvalue weighted by molar-refractivity contribution is -0.276. The third kappa shape index (κ3) is 3.03. The summed E-state index contributed by atoms with van der Waals surface area (Å²) < 4.78 is 69.9. The maximum atomic E-state index is 12.7. The van der Waals surface area contributed by atoms with Crippen LogP contribution < -0.4 is 9.47 Å². The molecule has 20 heavy (non-hydrogen) atoms. The summed E-state index contributed by atoms with van der Waals surface area (Å²) in [6, 6.07) is 2.94. The lowest BCUT2D eigenvalue weighted by Crippen LogP contribution is -2.46. The predicted octanol–water partition coefficient (Wildman–Crippen LogP) is 2.61. The largest absolute Gasteiger partial charge is 0.493 e. The molecule has 0 aromatic heterocycles. The number of carbonyl (C=O) groups is 2. The zero-order valence-electron chi connectivity index (χ0n) is 9.83. The molecule has 0 N–H and O–H groups in total. The highest BCUT2D eigenvalue weighted by Gasteiger charge is 2.65. The van der Waals surface area contributed by atoms with Crippen molar-refractivity contribution in [2.45, 2.75) is 12.1 Å². The van der Waals surface area contributed by atoms with Crippen molar-refractivity contribution in [1.29, 1.82) is 0 Å². The molecule has 0 aliphatic rings. The summed E-state index contributed by atoms with van der Waals surface area (Å²) in [7, 11) is 1.06. The van der Waals surface area contributed by atoms with E-state index in [2.05, 4.69) is 9.47 Å². The summed E-state index contributed by atoms with van der Waals surface area (Å²) in [6.07, 6.45) is -5.68. The number of rotatable bonds is 4. The van der Waals surface area contributed by atoms with E-state index >= 15 is 0 Å². The van der Waals surface area contributed by atoms with E-state index in [9.17, 15) is 31.5 Å². The van der Waals surface area contributed by atoms with Crippen molar-refractivity contribution >= 4 is 12.3 Å². The summed E-state index contributed by atoms with van der Waals surface area (Å²) in [5.74, 6) is -9.43. The van der Waals surface area contributed by atoms with Gasteiger partial charge in [-0.3, -0.25) is 4.79 Å². The minimum atomic E-state index is -6.07. The first-order valence-electron chi connectivity index (χ1n) is 4.93. The Bertz CT molecular complexity index is 524. The minimum absolute atomic E-state index is 0.0595. The number of hydrogen-bond donors (Lipinski definition) is 0. The molecule has 0 bridgehead atoms. The van der Waals surface area contributed by atoms with E-state index in [1.54, 1.807) is 0 Å². The Morgan fingerprint density at radius 2 is 1.75 bits per heavy atom. The van der Waals surface area contributed by atoms with Crippen LogP contribution in [-0.2, 0) is 4.79 Å². The minimum Gasteiger partial charge on any atom is -0.493 e. The number of methoxy groups -OCH3 is 1. The number of esters is 1. The second-order valence-electron chi connectivity index (χ2n) is 3.49. The van der Waals surface area contributed by atoms with E-state index in [0.717, 1.165) is 25.3 Å². The van der Waals surface area contributed by atoms with Crippen LogP contribution in [0.25, 0.3) is 0 Å². The van der Waals surface area contributed by atoms with Crippen LogP contribution in [0.1, 0.15) is 10.4 Å². The van der Waals surface area contributed by atoms with Gasteiger partial charge in [-0.2, -0.15) is 22.0 Å². The molecule has 0 heterocycles. The highest BCUT2D eigenvalue weighted by molar-refractivity contribution is 5.82. The summed E-state index contributed by atoms with van der Waals surface area (Å²) in [5.41, 5.74) is 0.0595. The van der Waals surface area contributed by atoms with Gasteiger partial charge in [0.15, 0.2) is 11.5 Å². The van der Waals surface area contributed by atoms with Crippen LogP contribution in [-0.4, -0.2) is 31.5 Å². The molecule has 0 amide bonds. The quantitative estimate of drug-likeness (QED) is 0.371. The molecular formula is C11H7F5O4.